The van der Waals surface area contributed by atoms with E-state index in [9.17, 15) is 9.59 Å². The Balaban J connectivity index is 1.44. The van der Waals surface area contributed by atoms with Gasteiger partial charge in [0, 0.05) is 27.4 Å². The normalized spacial score (nSPS) is 18.2. The van der Waals surface area contributed by atoms with Gasteiger partial charge in [0.1, 0.15) is 12.3 Å². The highest BCUT2D eigenvalue weighted by Gasteiger charge is 2.36. The molecule has 1 fully saturated rings. The van der Waals surface area contributed by atoms with Crippen molar-refractivity contribution in [2.45, 2.75) is 44.7 Å². The summed E-state index contributed by atoms with van der Waals surface area (Å²) in [6.07, 6.45) is 6.26. The maximum atomic E-state index is 13.8. The predicted octanol–water partition coefficient (Wildman–Crippen LogP) is 6.34. The minimum absolute atomic E-state index is 0.0111. The maximum Gasteiger partial charge on any atom is 0.243 e. The number of carbonyl (C=O) groups is 2. The molecule has 1 unspecified atom stereocenters. The summed E-state index contributed by atoms with van der Waals surface area (Å²) in [5, 5.41) is 3.14. The van der Waals surface area contributed by atoms with Crippen molar-refractivity contribution in [2.75, 3.05) is 13.1 Å². The molecule has 0 saturated heterocycles. The van der Waals surface area contributed by atoms with Crippen LogP contribution in [0.1, 0.15) is 53.5 Å². The second-order valence-electron chi connectivity index (χ2n) is 8.96. The molecule has 0 radical (unpaired) electrons. The molecule has 8 heteroatoms. The highest BCUT2D eigenvalue weighted by atomic mass is 35.5. The Morgan fingerprint density at radius 1 is 1.12 bits per heavy atom. The van der Waals surface area contributed by atoms with Crippen LogP contribution in [0, 0.1) is 5.92 Å². The van der Waals surface area contributed by atoms with Crippen molar-refractivity contribution < 1.29 is 14.0 Å². The molecule has 34 heavy (non-hydrogen) atoms. The SMILES string of the molecule is O=C(C1CCCC1)N(CC(=O)N1CCc2sccc2C1c1ccc(Cl)cc1Cl)Cc1ccco1. The van der Waals surface area contributed by atoms with E-state index in [1.54, 1.807) is 40.7 Å². The number of halogens is 2. The lowest BCUT2D eigenvalue weighted by atomic mass is 9.93. The second kappa shape index (κ2) is 10.1. The topological polar surface area (TPSA) is 53.8 Å². The first-order valence-electron chi connectivity index (χ1n) is 11.6. The van der Waals surface area contributed by atoms with Crippen LogP contribution in [0.25, 0.3) is 0 Å². The zero-order valence-corrected chi connectivity index (χ0v) is 21.0. The number of furan rings is 1. The van der Waals surface area contributed by atoms with Gasteiger partial charge in [-0.05, 0) is 66.1 Å². The fourth-order valence-electron chi connectivity index (χ4n) is 5.13. The van der Waals surface area contributed by atoms with Gasteiger partial charge < -0.3 is 14.2 Å². The fourth-order valence-corrected chi connectivity index (χ4v) is 6.55. The molecule has 178 valence electrons. The van der Waals surface area contributed by atoms with E-state index in [-0.39, 0.29) is 36.9 Å². The highest BCUT2D eigenvalue weighted by molar-refractivity contribution is 7.10. The van der Waals surface area contributed by atoms with Gasteiger partial charge in [0.15, 0.2) is 0 Å². The summed E-state index contributed by atoms with van der Waals surface area (Å²) in [5.41, 5.74) is 1.94. The van der Waals surface area contributed by atoms with Crippen LogP contribution in [0.3, 0.4) is 0 Å². The average molecular weight is 517 g/mol. The summed E-state index contributed by atoms with van der Waals surface area (Å²) >= 11 is 14.5. The summed E-state index contributed by atoms with van der Waals surface area (Å²) in [5.74, 6) is 0.603. The number of hydrogen-bond donors (Lipinski definition) is 0. The third-order valence-electron chi connectivity index (χ3n) is 6.81. The highest BCUT2D eigenvalue weighted by Crippen LogP contribution is 2.41. The van der Waals surface area contributed by atoms with Crippen LogP contribution >= 0.6 is 34.5 Å². The van der Waals surface area contributed by atoms with E-state index in [0.29, 0.717) is 22.4 Å². The Labute approximate surface area is 213 Å². The van der Waals surface area contributed by atoms with E-state index in [4.69, 9.17) is 27.6 Å². The number of fused-ring (bicyclic) bond motifs is 1. The molecule has 3 aromatic rings. The van der Waals surface area contributed by atoms with Crippen molar-refractivity contribution in [3.8, 4) is 0 Å². The minimum Gasteiger partial charge on any atom is -0.467 e. The zero-order chi connectivity index (χ0) is 23.7. The third-order valence-corrected chi connectivity index (χ3v) is 8.37. The van der Waals surface area contributed by atoms with E-state index in [0.717, 1.165) is 43.2 Å². The molecule has 1 saturated carbocycles. The van der Waals surface area contributed by atoms with Crippen molar-refractivity contribution in [1.82, 2.24) is 9.80 Å². The Bertz CT molecular complexity index is 1170. The molecular formula is C26H26Cl2N2O3S. The van der Waals surface area contributed by atoms with Crippen LogP contribution in [0.2, 0.25) is 10.0 Å². The standard InChI is InChI=1S/C26H26Cl2N2O3S/c27-18-7-8-20(22(28)14-18)25-21-10-13-34-23(21)9-11-30(25)24(31)16-29(15-19-6-3-12-33-19)26(32)17-4-1-2-5-17/h3,6-8,10,12-14,17,25H,1-2,4-5,9,11,15-16H2. The van der Waals surface area contributed by atoms with Gasteiger partial charge in [0.2, 0.25) is 11.8 Å². The molecule has 0 spiro atoms. The van der Waals surface area contributed by atoms with Crippen molar-refractivity contribution in [3.05, 3.63) is 79.9 Å². The molecule has 5 nitrogen and oxygen atoms in total. The minimum atomic E-state index is -0.306. The van der Waals surface area contributed by atoms with E-state index in [2.05, 4.69) is 11.4 Å². The van der Waals surface area contributed by atoms with Crippen molar-refractivity contribution in [3.63, 3.8) is 0 Å². The van der Waals surface area contributed by atoms with E-state index in [1.165, 1.54) is 4.88 Å². The van der Waals surface area contributed by atoms with Gasteiger partial charge in [-0.25, -0.2) is 0 Å². The quantitative estimate of drug-likeness (QED) is 0.384. The summed E-state index contributed by atoms with van der Waals surface area (Å²) in [6.45, 7) is 0.872. The van der Waals surface area contributed by atoms with Crippen LogP contribution in [0.15, 0.2) is 52.5 Å². The first kappa shape index (κ1) is 23.5. The largest absolute Gasteiger partial charge is 0.467 e. The Morgan fingerprint density at radius 3 is 2.68 bits per heavy atom. The molecule has 1 atom stereocenters. The monoisotopic (exact) mass is 516 g/mol. The van der Waals surface area contributed by atoms with Crippen molar-refractivity contribution in [1.29, 1.82) is 0 Å². The third kappa shape index (κ3) is 4.77. The number of rotatable bonds is 6. The first-order valence-corrected chi connectivity index (χ1v) is 13.3. The molecule has 2 aromatic heterocycles. The molecule has 0 N–H and O–H groups in total. The predicted molar refractivity (Wildman–Crippen MR) is 134 cm³/mol. The first-order chi connectivity index (χ1) is 16.5. The van der Waals surface area contributed by atoms with Gasteiger partial charge in [-0.15, -0.1) is 11.3 Å². The molecule has 2 aliphatic rings. The molecular weight excluding hydrogens is 491 g/mol. The smallest absolute Gasteiger partial charge is 0.243 e. The van der Waals surface area contributed by atoms with E-state index in [1.807, 2.05) is 17.0 Å². The lowest BCUT2D eigenvalue weighted by Gasteiger charge is -2.38. The molecule has 1 aliphatic carbocycles. The van der Waals surface area contributed by atoms with Gasteiger partial charge >= 0.3 is 0 Å². The van der Waals surface area contributed by atoms with Crippen LogP contribution in [-0.2, 0) is 22.6 Å². The maximum absolute atomic E-state index is 13.8. The lowest BCUT2D eigenvalue weighted by Crippen LogP contribution is -2.47. The summed E-state index contributed by atoms with van der Waals surface area (Å²) < 4.78 is 5.51. The summed E-state index contributed by atoms with van der Waals surface area (Å²) in [4.78, 5) is 31.9. The Kier molecular flexibility index (Phi) is 7.00. The number of hydrogen-bond acceptors (Lipinski definition) is 4. The second-order valence-corrected chi connectivity index (χ2v) is 10.8. The molecule has 2 amide bonds. The average Bonchev–Trinajstić information content (AvgIpc) is 3.60. The van der Waals surface area contributed by atoms with Crippen LogP contribution in [0.4, 0.5) is 0 Å². The zero-order valence-electron chi connectivity index (χ0n) is 18.7. The van der Waals surface area contributed by atoms with Crippen molar-refractivity contribution >= 4 is 46.4 Å². The molecule has 1 aliphatic heterocycles. The van der Waals surface area contributed by atoms with Gasteiger partial charge in [0.05, 0.1) is 18.8 Å². The van der Waals surface area contributed by atoms with Gasteiger partial charge in [0.25, 0.3) is 0 Å². The number of thiophene rings is 1. The van der Waals surface area contributed by atoms with Crippen LogP contribution < -0.4 is 0 Å². The number of benzene rings is 1. The number of carbonyl (C=O) groups excluding carboxylic acids is 2. The lowest BCUT2D eigenvalue weighted by molar-refractivity contribution is -0.144. The molecule has 1 aromatic carbocycles. The van der Waals surface area contributed by atoms with Gasteiger partial charge in [-0.2, -0.15) is 0 Å². The van der Waals surface area contributed by atoms with Gasteiger partial charge in [-0.1, -0.05) is 42.1 Å². The molecule has 0 bridgehead atoms. The fraction of sp³-hybridized carbons (Fsp3) is 0.385. The van der Waals surface area contributed by atoms with Crippen LogP contribution in [0.5, 0.6) is 0 Å². The molecule has 5 rings (SSSR count). The van der Waals surface area contributed by atoms with Gasteiger partial charge in [-0.3, -0.25) is 9.59 Å². The summed E-state index contributed by atoms with van der Waals surface area (Å²) in [6, 6.07) is 10.8. The number of amides is 2. The van der Waals surface area contributed by atoms with Crippen molar-refractivity contribution in [2.24, 2.45) is 5.92 Å². The molecule has 3 heterocycles. The summed E-state index contributed by atoms with van der Waals surface area (Å²) in [7, 11) is 0. The van der Waals surface area contributed by atoms with E-state index >= 15 is 0 Å². The van der Waals surface area contributed by atoms with E-state index < -0.39 is 0 Å². The number of nitrogens with zero attached hydrogens (tertiary/aromatic N) is 2. The van der Waals surface area contributed by atoms with Crippen LogP contribution in [-0.4, -0.2) is 34.7 Å². The Morgan fingerprint density at radius 2 is 1.94 bits per heavy atom. The Hall–Kier alpha value is -2.28.